The van der Waals surface area contributed by atoms with Crippen molar-refractivity contribution in [3.63, 3.8) is 0 Å². The van der Waals surface area contributed by atoms with E-state index in [1.54, 1.807) is 0 Å². The summed E-state index contributed by atoms with van der Waals surface area (Å²) in [5.74, 6) is 1.29. The average molecular weight is 243 g/mol. The van der Waals surface area contributed by atoms with Crippen molar-refractivity contribution in [3.05, 3.63) is 35.9 Å². The highest BCUT2D eigenvalue weighted by molar-refractivity contribution is 5.87. The molecule has 4 atom stereocenters. The highest BCUT2D eigenvalue weighted by Crippen LogP contribution is 2.50. The normalized spacial score (nSPS) is 35.2. The van der Waals surface area contributed by atoms with Gasteiger partial charge < -0.3 is 5.73 Å². The molecule has 0 radical (unpaired) electrons. The van der Waals surface area contributed by atoms with Gasteiger partial charge in [0.25, 0.3) is 0 Å². The maximum absolute atomic E-state index is 12.5. The smallest absolute Gasteiger partial charge is 0.141 e. The summed E-state index contributed by atoms with van der Waals surface area (Å²) in [4.78, 5) is 12.5. The summed E-state index contributed by atoms with van der Waals surface area (Å²) in [6.45, 7) is 0. The van der Waals surface area contributed by atoms with Crippen LogP contribution in [0.5, 0.6) is 0 Å². The molecule has 3 rings (SSSR count). The van der Waals surface area contributed by atoms with Gasteiger partial charge in [-0.2, -0.15) is 0 Å². The fourth-order valence-electron chi connectivity index (χ4n) is 3.37. The van der Waals surface area contributed by atoms with E-state index in [0.29, 0.717) is 11.7 Å². The van der Waals surface area contributed by atoms with Crippen LogP contribution >= 0.6 is 0 Å². The molecule has 1 aromatic rings. The molecule has 2 aliphatic rings. The third-order valence-electron chi connectivity index (χ3n) is 4.57. The Bertz CT molecular complexity index is 428. The number of hydrogen-bond donors (Lipinski definition) is 1. The van der Waals surface area contributed by atoms with Crippen molar-refractivity contribution in [3.8, 4) is 0 Å². The van der Waals surface area contributed by atoms with Crippen molar-refractivity contribution < 1.29 is 4.79 Å². The minimum atomic E-state index is 0.114. The molecule has 2 nitrogen and oxygen atoms in total. The number of benzene rings is 1. The highest BCUT2D eigenvalue weighted by atomic mass is 16.1. The van der Waals surface area contributed by atoms with Crippen molar-refractivity contribution in [1.82, 2.24) is 0 Å². The van der Waals surface area contributed by atoms with Gasteiger partial charge in [-0.1, -0.05) is 43.2 Å². The molecule has 0 aromatic heterocycles. The molecule has 18 heavy (non-hydrogen) atoms. The molecular formula is C16H21NO. The fourth-order valence-corrected chi connectivity index (χ4v) is 3.37. The first-order chi connectivity index (χ1) is 8.77. The van der Waals surface area contributed by atoms with Gasteiger partial charge in [0.15, 0.2) is 0 Å². The van der Waals surface area contributed by atoms with Crippen LogP contribution < -0.4 is 5.73 Å². The molecule has 0 spiro atoms. The lowest BCUT2D eigenvalue weighted by molar-refractivity contribution is -0.125. The first-order valence-corrected chi connectivity index (χ1v) is 7.11. The molecule has 2 aliphatic carbocycles. The standard InChI is InChI=1S/C16H21NO/c17-15-9-5-4-8-12(15)16(18)14-10-13(14)11-6-2-1-3-7-11/h1-3,6-7,12-15H,4-5,8-10,17H2. The van der Waals surface area contributed by atoms with Gasteiger partial charge in [-0.3, -0.25) is 4.79 Å². The Morgan fingerprint density at radius 1 is 1.06 bits per heavy atom. The van der Waals surface area contributed by atoms with Gasteiger partial charge in [-0.25, -0.2) is 0 Å². The highest BCUT2D eigenvalue weighted by Gasteiger charge is 2.47. The van der Waals surface area contributed by atoms with Gasteiger partial charge in [-0.15, -0.1) is 0 Å². The summed E-state index contributed by atoms with van der Waals surface area (Å²) in [5, 5.41) is 0. The Morgan fingerprint density at radius 2 is 1.78 bits per heavy atom. The number of carbonyl (C=O) groups is 1. The Balaban J connectivity index is 1.65. The topological polar surface area (TPSA) is 43.1 Å². The summed E-state index contributed by atoms with van der Waals surface area (Å²) in [5.41, 5.74) is 7.43. The van der Waals surface area contributed by atoms with E-state index in [-0.39, 0.29) is 17.9 Å². The van der Waals surface area contributed by atoms with E-state index in [1.807, 2.05) is 6.07 Å². The summed E-state index contributed by atoms with van der Waals surface area (Å²) < 4.78 is 0. The minimum Gasteiger partial charge on any atom is -0.327 e. The molecule has 2 N–H and O–H groups in total. The summed E-state index contributed by atoms with van der Waals surface area (Å²) in [6.07, 6.45) is 5.44. The molecule has 2 heteroatoms. The first-order valence-electron chi connectivity index (χ1n) is 7.11. The third kappa shape index (κ3) is 2.22. The van der Waals surface area contributed by atoms with Crippen LogP contribution in [0.2, 0.25) is 0 Å². The molecule has 0 amide bonds. The SMILES string of the molecule is NC1CCCCC1C(=O)C1CC1c1ccccc1. The van der Waals surface area contributed by atoms with Crippen LogP contribution in [0, 0.1) is 11.8 Å². The van der Waals surface area contributed by atoms with E-state index < -0.39 is 0 Å². The molecule has 0 bridgehead atoms. The van der Waals surface area contributed by atoms with Crippen molar-refractivity contribution in [1.29, 1.82) is 0 Å². The van der Waals surface area contributed by atoms with Crippen LogP contribution in [-0.4, -0.2) is 11.8 Å². The lowest BCUT2D eigenvalue weighted by atomic mass is 9.80. The number of nitrogens with two attached hydrogens (primary N) is 1. The van der Waals surface area contributed by atoms with Crippen LogP contribution in [-0.2, 0) is 4.79 Å². The maximum Gasteiger partial charge on any atom is 0.141 e. The zero-order chi connectivity index (χ0) is 12.5. The van der Waals surface area contributed by atoms with E-state index in [4.69, 9.17) is 5.73 Å². The molecular weight excluding hydrogens is 222 g/mol. The average Bonchev–Trinajstić information content (AvgIpc) is 3.20. The summed E-state index contributed by atoms with van der Waals surface area (Å²) in [6, 6.07) is 10.5. The number of Topliss-reactive ketones (excluding diaryl/α,β-unsaturated/α-hetero) is 1. The minimum absolute atomic E-state index is 0.114. The number of hydrogen-bond acceptors (Lipinski definition) is 2. The fraction of sp³-hybridized carbons (Fsp3) is 0.562. The van der Waals surface area contributed by atoms with Gasteiger partial charge in [0, 0.05) is 17.9 Å². The van der Waals surface area contributed by atoms with E-state index in [2.05, 4.69) is 24.3 Å². The van der Waals surface area contributed by atoms with E-state index in [1.165, 1.54) is 18.4 Å². The second-order valence-corrected chi connectivity index (χ2v) is 5.82. The van der Waals surface area contributed by atoms with Gasteiger partial charge >= 0.3 is 0 Å². The Morgan fingerprint density at radius 3 is 2.50 bits per heavy atom. The second-order valence-electron chi connectivity index (χ2n) is 5.82. The van der Waals surface area contributed by atoms with E-state index >= 15 is 0 Å². The molecule has 0 aliphatic heterocycles. The number of rotatable bonds is 3. The zero-order valence-corrected chi connectivity index (χ0v) is 10.7. The second kappa shape index (κ2) is 4.85. The van der Waals surface area contributed by atoms with Crippen molar-refractivity contribution in [2.45, 2.75) is 44.1 Å². The molecule has 2 saturated carbocycles. The molecule has 0 heterocycles. The van der Waals surface area contributed by atoms with Crippen LogP contribution in [0.15, 0.2) is 30.3 Å². The largest absolute Gasteiger partial charge is 0.327 e. The van der Waals surface area contributed by atoms with Gasteiger partial charge in [-0.05, 0) is 30.7 Å². The molecule has 4 unspecified atom stereocenters. The van der Waals surface area contributed by atoms with E-state index in [9.17, 15) is 4.79 Å². The predicted octanol–water partition coefficient (Wildman–Crippen LogP) is 2.88. The quantitative estimate of drug-likeness (QED) is 0.887. The van der Waals surface area contributed by atoms with Gasteiger partial charge in [0.2, 0.25) is 0 Å². The van der Waals surface area contributed by atoms with Crippen molar-refractivity contribution in [2.24, 2.45) is 17.6 Å². The molecule has 0 saturated heterocycles. The Hall–Kier alpha value is -1.15. The summed E-state index contributed by atoms with van der Waals surface area (Å²) in [7, 11) is 0. The van der Waals surface area contributed by atoms with Crippen LogP contribution in [0.4, 0.5) is 0 Å². The molecule has 96 valence electrons. The molecule has 2 fully saturated rings. The van der Waals surface area contributed by atoms with E-state index in [0.717, 1.165) is 19.3 Å². The molecule has 1 aromatic carbocycles. The Labute approximate surface area is 109 Å². The number of ketones is 1. The van der Waals surface area contributed by atoms with Crippen LogP contribution in [0.1, 0.15) is 43.6 Å². The lowest BCUT2D eigenvalue weighted by Gasteiger charge is -2.27. The first kappa shape index (κ1) is 11.9. The van der Waals surface area contributed by atoms with Crippen LogP contribution in [0.3, 0.4) is 0 Å². The zero-order valence-electron chi connectivity index (χ0n) is 10.7. The van der Waals surface area contributed by atoms with Crippen molar-refractivity contribution in [2.75, 3.05) is 0 Å². The summed E-state index contributed by atoms with van der Waals surface area (Å²) >= 11 is 0. The Kier molecular flexibility index (Phi) is 3.21. The number of carbonyl (C=O) groups excluding carboxylic acids is 1. The van der Waals surface area contributed by atoms with Gasteiger partial charge in [0.05, 0.1) is 0 Å². The predicted molar refractivity (Wildman–Crippen MR) is 72.2 cm³/mol. The monoisotopic (exact) mass is 243 g/mol. The third-order valence-corrected chi connectivity index (χ3v) is 4.57. The van der Waals surface area contributed by atoms with Gasteiger partial charge in [0.1, 0.15) is 5.78 Å². The van der Waals surface area contributed by atoms with Crippen molar-refractivity contribution >= 4 is 5.78 Å². The lowest BCUT2D eigenvalue weighted by Crippen LogP contribution is -2.38. The maximum atomic E-state index is 12.5. The van der Waals surface area contributed by atoms with Crippen LogP contribution in [0.25, 0.3) is 0 Å².